The number of ether oxygens (including phenoxy) is 1. The second kappa shape index (κ2) is 4.85. The highest BCUT2D eigenvalue weighted by Gasteiger charge is 2.37. The van der Waals surface area contributed by atoms with E-state index in [1.807, 2.05) is 18.2 Å². The van der Waals surface area contributed by atoms with Crippen LogP contribution < -0.4 is 10.1 Å². The van der Waals surface area contributed by atoms with Gasteiger partial charge in [0.2, 0.25) is 5.89 Å². The first-order chi connectivity index (χ1) is 9.29. The van der Waals surface area contributed by atoms with E-state index in [-0.39, 0.29) is 5.41 Å². The fourth-order valence-corrected chi connectivity index (χ4v) is 2.94. The maximum atomic E-state index is 6.03. The van der Waals surface area contributed by atoms with Crippen molar-refractivity contribution < 1.29 is 9.15 Å². The molecule has 4 heteroatoms. The lowest BCUT2D eigenvalue weighted by molar-refractivity contribution is 0.243. The van der Waals surface area contributed by atoms with Crippen molar-refractivity contribution in [1.29, 1.82) is 0 Å². The second-order valence-electron chi connectivity index (χ2n) is 5.21. The molecule has 0 radical (unpaired) electrons. The zero-order valence-corrected chi connectivity index (χ0v) is 11.5. The number of aromatic nitrogens is 1. The van der Waals surface area contributed by atoms with Crippen LogP contribution in [-0.2, 0) is 5.41 Å². The van der Waals surface area contributed by atoms with Gasteiger partial charge < -0.3 is 14.5 Å². The van der Waals surface area contributed by atoms with Crippen LogP contribution in [0.3, 0.4) is 0 Å². The van der Waals surface area contributed by atoms with E-state index in [0.29, 0.717) is 0 Å². The van der Waals surface area contributed by atoms with Crippen molar-refractivity contribution in [2.24, 2.45) is 0 Å². The van der Waals surface area contributed by atoms with E-state index in [2.05, 4.69) is 12.2 Å². The summed E-state index contributed by atoms with van der Waals surface area (Å²) < 4.78 is 11.4. The third-order valence-electron chi connectivity index (χ3n) is 4.29. The maximum absolute atomic E-state index is 6.03. The lowest BCUT2D eigenvalue weighted by Gasteiger charge is -2.33. The summed E-state index contributed by atoms with van der Waals surface area (Å²) in [7, 11) is 1.67. The minimum Gasteiger partial charge on any atom is -0.494 e. The number of rotatable bonds is 3. The number of para-hydroxylation sites is 1. The van der Waals surface area contributed by atoms with Gasteiger partial charge in [0.15, 0.2) is 11.1 Å². The number of benzene rings is 1. The zero-order chi connectivity index (χ0) is 13.3. The van der Waals surface area contributed by atoms with Gasteiger partial charge in [-0.15, -0.1) is 0 Å². The van der Waals surface area contributed by atoms with Crippen LogP contribution in [0.15, 0.2) is 22.6 Å². The zero-order valence-electron chi connectivity index (χ0n) is 11.5. The molecule has 4 nitrogen and oxygen atoms in total. The molecule has 1 aromatic carbocycles. The summed E-state index contributed by atoms with van der Waals surface area (Å²) in [6, 6.07) is 5.83. The predicted molar refractivity (Wildman–Crippen MR) is 74.6 cm³/mol. The van der Waals surface area contributed by atoms with E-state index in [1.165, 1.54) is 0 Å². The fraction of sp³-hybridized carbons (Fsp3) is 0.533. The predicted octanol–water partition coefficient (Wildman–Crippen LogP) is 2.87. The molecule has 0 unspecified atom stereocenters. The smallest absolute Gasteiger partial charge is 0.201 e. The maximum Gasteiger partial charge on any atom is 0.201 e. The highest BCUT2D eigenvalue weighted by molar-refractivity contribution is 5.79. The Bertz CT molecular complexity index is 571. The van der Waals surface area contributed by atoms with Crippen LogP contribution in [0.25, 0.3) is 11.1 Å². The second-order valence-corrected chi connectivity index (χ2v) is 5.21. The van der Waals surface area contributed by atoms with Gasteiger partial charge in [0, 0.05) is 5.41 Å². The molecule has 2 aromatic rings. The quantitative estimate of drug-likeness (QED) is 0.921. The Hall–Kier alpha value is -1.55. The summed E-state index contributed by atoms with van der Waals surface area (Å²) >= 11 is 0. The van der Waals surface area contributed by atoms with Crippen LogP contribution in [0.2, 0.25) is 0 Å². The van der Waals surface area contributed by atoms with Gasteiger partial charge in [-0.25, -0.2) is 4.98 Å². The molecular weight excluding hydrogens is 240 g/mol. The summed E-state index contributed by atoms with van der Waals surface area (Å²) in [6.07, 6.45) is 3.22. The van der Waals surface area contributed by atoms with Crippen molar-refractivity contribution in [3.63, 3.8) is 0 Å². The topological polar surface area (TPSA) is 47.3 Å². The van der Waals surface area contributed by atoms with E-state index >= 15 is 0 Å². The third kappa shape index (κ3) is 2.00. The van der Waals surface area contributed by atoms with Gasteiger partial charge in [-0.05, 0) is 44.5 Å². The largest absolute Gasteiger partial charge is 0.494 e. The summed E-state index contributed by atoms with van der Waals surface area (Å²) in [5.41, 5.74) is 1.74. The third-order valence-corrected chi connectivity index (χ3v) is 4.29. The van der Waals surface area contributed by atoms with E-state index in [0.717, 1.165) is 55.1 Å². The molecule has 1 fully saturated rings. The molecule has 19 heavy (non-hydrogen) atoms. The van der Waals surface area contributed by atoms with Crippen molar-refractivity contribution in [3.05, 3.63) is 24.1 Å². The molecule has 0 saturated carbocycles. The van der Waals surface area contributed by atoms with E-state index in [9.17, 15) is 0 Å². The summed E-state index contributed by atoms with van der Waals surface area (Å²) in [4.78, 5) is 4.73. The number of hydrogen-bond acceptors (Lipinski definition) is 4. The molecule has 3 rings (SSSR count). The molecule has 102 valence electrons. The van der Waals surface area contributed by atoms with Gasteiger partial charge in [0.25, 0.3) is 0 Å². The molecule has 0 spiro atoms. The van der Waals surface area contributed by atoms with Crippen molar-refractivity contribution in [2.45, 2.75) is 31.6 Å². The number of piperidine rings is 1. The van der Waals surface area contributed by atoms with E-state index in [4.69, 9.17) is 14.1 Å². The van der Waals surface area contributed by atoms with Gasteiger partial charge in [0.05, 0.1) is 7.11 Å². The lowest BCUT2D eigenvalue weighted by Crippen LogP contribution is -2.39. The number of nitrogens with one attached hydrogen (secondary N) is 1. The van der Waals surface area contributed by atoms with Crippen molar-refractivity contribution in [2.75, 3.05) is 20.2 Å². The van der Waals surface area contributed by atoms with E-state index in [1.54, 1.807) is 7.11 Å². The Morgan fingerprint density at radius 1 is 1.37 bits per heavy atom. The summed E-state index contributed by atoms with van der Waals surface area (Å²) in [6.45, 7) is 4.28. The van der Waals surface area contributed by atoms with Gasteiger partial charge in [0.1, 0.15) is 5.75 Å². The normalized spacial score (nSPS) is 18.6. The minimum atomic E-state index is 0.0787. The number of hydrogen-bond donors (Lipinski definition) is 1. The standard InChI is InChI=1S/C15H20N2O2/c1-3-15(7-9-16-10-8-15)14-17-13-11(18-2)5-4-6-12(13)19-14/h4-6,16H,3,7-10H2,1-2H3. The average Bonchev–Trinajstić information content (AvgIpc) is 2.92. The lowest BCUT2D eigenvalue weighted by atomic mass is 9.76. The molecule has 2 heterocycles. The van der Waals surface area contributed by atoms with Gasteiger partial charge in [-0.2, -0.15) is 0 Å². The molecule has 1 aliphatic rings. The van der Waals surface area contributed by atoms with Gasteiger partial charge in [-0.3, -0.25) is 0 Å². The van der Waals surface area contributed by atoms with E-state index < -0.39 is 0 Å². The first-order valence-corrected chi connectivity index (χ1v) is 6.94. The van der Waals surface area contributed by atoms with Crippen molar-refractivity contribution >= 4 is 11.1 Å². The fourth-order valence-electron chi connectivity index (χ4n) is 2.94. The first kappa shape index (κ1) is 12.5. The molecule has 1 aromatic heterocycles. The van der Waals surface area contributed by atoms with Gasteiger partial charge >= 0.3 is 0 Å². The highest BCUT2D eigenvalue weighted by atomic mass is 16.5. The monoisotopic (exact) mass is 260 g/mol. The summed E-state index contributed by atoms with van der Waals surface area (Å²) in [5, 5.41) is 3.41. The Balaban J connectivity index is 2.09. The Morgan fingerprint density at radius 2 is 2.16 bits per heavy atom. The van der Waals surface area contributed by atoms with Crippen LogP contribution in [0.1, 0.15) is 32.1 Å². The number of oxazole rings is 1. The molecule has 1 N–H and O–H groups in total. The van der Waals surface area contributed by atoms with Crippen molar-refractivity contribution in [1.82, 2.24) is 10.3 Å². The minimum absolute atomic E-state index is 0.0787. The van der Waals surface area contributed by atoms with Crippen LogP contribution in [0, 0.1) is 0 Å². The van der Waals surface area contributed by atoms with Gasteiger partial charge in [-0.1, -0.05) is 13.0 Å². The number of nitrogens with zero attached hydrogens (tertiary/aromatic N) is 1. The molecule has 0 amide bonds. The molecular formula is C15H20N2O2. The molecule has 0 atom stereocenters. The van der Waals surface area contributed by atoms with Crippen LogP contribution in [0.5, 0.6) is 5.75 Å². The van der Waals surface area contributed by atoms with Crippen molar-refractivity contribution in [3.8, 4) is 5.75 Å². The average molecular weight is 260 g/mol. The molecule has 1 aliphatic heterocycles. The number of methoxy groups -OCH3 is 1. The molecule has 1 saturated heterocycles. The van der Waals surface area contributed by atoms with Crippen LogP contribution in [-0.4, -0.2) is 25.2 Å². The van der Waals surface area contributed by atoms with Crippen LogP contribution >= 0.6 is 0 Å². The Kier molecular flexibility index (Phi) is 3.19. The Labute approximate surface area is 113 Å². The highest BCUT2D eigenvalue weighted by Crippen LogP contribution is 2.38. The Morgan fingerprint density at radius 3 is 2.84 bits per heavy atom. The van der Waals surface area contributed by atoms with Crippen LogP contribution in [0.4, 0.5) is 0 Å². The first-order valence-electron chi connectivity index (χ1n) is 6.94. The molecule has 0 aliphatic carbocycles. The number of fused-ring (bicyclic) bond motifs is 1. The summed E-state index contributed by atoms with van der Waals surface area (Å²) in [5.74, 6) is 1.66. The molecule has 0 bridgehead atoms. The SMILES string of the molecule is CCC1(c2nc3c(OC)cccc3o2)CCNCC1.